The zero-order valence-corrected chi connectivity index (χ0v) is 19.6. The highest BCUT2D eigenvalue weighted by molar-refractivity contribution is 6.00. The number of aliphatic hydroxyl groups is 1. The summed E-state index contributed by atoms with van der Waals surface area (Å²) in [5.41, 5.74) is -3.45. The van der Waals surface area contributed by atoms with Gasteiger partial charge in [0.15, 0.2) is 0 Å². The number of hydrogen-bond donors (Lipinski definition) is 2. The van der Waals surface area contributed by atoms with E-state index in [0.29, 0.717) is 61.1 Å². The lowest BCUT2D eigenvalue weighted by Gasteiger charge is -2.47. The van der Waals surface area contributed by atoms with Gasteiger partial charge in [0.2, 0.25) is 5.60 Å². The summed E-state index contributed by atoms with van der Waals surface area (Å²) in [6.07, 6.45) is -3.51. The number of anilines is 1. The van der Waals surface area contributed by atoms with Gasteiger partial charge in [-0.1, -0.05) is 36.7 Å². The number of amides is 1. The maximum atomic E-state index is 14.4. The van der Waals surface area contributed by atoms with Gasteiger partial charge in [-0.3, -0.25) is 4.79 Å². The van der Waals surface area contributed by atoms with Gasteiger partial charge in [0.1, 0.15) is 5.75 Å². The number of benzene rings is 2. The molecule has 1 fully saturated rings. The van der Waals surface area contributed by atoms with E-state index in [9.17, 15) is 27.9 Å². The minimum atomic E-state index is -5.23. The molecule has 0 spiro atoms. The van der Waals surface area contributed by atoms with Crippen LogP contribution in [0.2, 0.25) is 0 Å². The van der Waals surface area contributed by atoms with E-state index in [0.717, 1.165) is 5.56 Å². The second-order valence-electron chi connectivity index (χ2n) is 9.55. The lowest BCUT2D eigenvalue weighted by atomic mass is 9.59. The van der Waals surface area contributed by atoms with E-state index in [1.807, 2.05) is 6.07 Å². The summed E-state index contributed by atoms with van der Waals surface area (Å²) in [6, 6.07) is 9.39. The van der Waals surface area contributed by atoms with E-state index >= 15 is 0 Å². The SMILES string of the molecule is CCc1noc(=O)c2ccc(NC(=O)C(O)(CC3(c4cccc5c4OCC5)CCC3)C(F)(F)F)cc12. The van der Waals surface area contributed by atoms with Crippen molar-refractivity contribution >= 4 is 22.4 Å². The molecule has 190 valence electrons. The minimum absolute atomic E-state index is 0.00358. The number of rotatable bonds is 6. The van der Waals surface area contributed by atoms with Crippen molar-refractivity contribution < 1.29 is 32.3 Å². The number of halogens is 3. The normalized spacial score (nSPS) is 18.1. The van der Waals surface area contributed by atoms with Crippen LogP contribution in [0.25, 0.3) is 10.8 Å². The van der Waals surface area contributed by atoms with Crippen molar-refractivity contribution in [3.8, 4) is 5.75 Å². The Bertz CT molecular complexity index is 1400. The zero-order valence-electron chi connectivity index (χ0n) is 19.6. The quantitative estimate of drug-likeness (QED) is 0.517. The molecular weight excluding hydrogens is 477 g/mol. The van der Waals surface area contributed by atoms with Crippen molar-refractivity contribution in [3.05, 3.63) is 63.6 Å². The van der Waals surface area contributed by atoms with E-state index < -0.39 is 35.1 Å². The number of aromatic nitrogens is 1. The Morgan fingerprint density at radius 2 is 1.97 bits per heavy atom. The Morgan fingerprint density at radius 1 is 1.19 bits per heavy atom. The van der Waals surface area contributed by atoms with Crippen molar-refractivity contribution in [2.75, 3.05) is 11.9 Å². The highest BCUT2D eigenvalue weighted by Crippen LogP contribution is 2.55. The van der Waals surface area contributed by atoms with Gasteiger partial charge < -0.3 is 19.7 Å². The zero-order chi connectivity index (χ0) is 25.7. The van der Waals surface area contributed by atoms with Gasteiger partial charge in [0.25, 0.3) is 5.91 Å². The molecule has 3 aromatic rings. The number of carbonyl (C=O) groups is 1. The number of carbonyl (C=O) groups excluding carboxylic acids is 1. The van der Waals surface area contributed by atoms with Crippen LogP contribution in [0.5, 0.6) is 5.75 Å². The molecule has 0 bridgehead atoms. The minimum Gasteiger partial charge on any atom is -0.493 e. The molecule has 1 aliphatic heterocycles. The molecule has 1 saturated carbocycles. The van der Waals surface area contributed by atoms with Gasteiger partial charge >= 0.3 is 11.8 Å². The predicted molar refractivity (Wildman–Crippen MR) is 125 cm³/mol. The van der Waals surface area contributed by atoms with Gasteiger partial charge in [-0.15, -0.1) is 0 Å². The van der Waals surface area contributed by atoms with Gasteiger partial charge in [-0.2, -0.15) is 13.2 Å². The fourth-order valence-electron chi connectivity index (χ4n) is 5.30. The second kappa shape index (κ2) is 8.62. The molecule has 2 N–H and O–H groups in total. The molecule has 2 aliphatic rings. The first kappa shape index (κ1) is 24.3. The maximum Gasteiger partial charge on any atom is 0.426 e. The molecule has 0 radical (unpaired) electrons. The molecule has 5 rings (SSSR count). The van der Waals surface area contributed by atoms with Gasteiger partial charge in [-0.05, 0) is 43.0 Å². The molecule has 10 heteroatoms. The maximum absolute atomic E-state index is 14.4. The van der Waals surface area contributed by atoms with Crippen LogP contribution in [0.3, 0.4) is 0 Å². The average molecular weight is 502 g/mol. The number of fused-ring (bicyclic) bond motifs is 2. The van der Waals surface area contributed by atoms with E-state index in [1.54, 1.807) is 19.1 Å². The summed E-state index contributed by atoms with van der Waals surface area (Å²) in [6.45, 7) is 2.22. The molecule has 1 unspecified atom stereocenters. The summed E-state index contributed by atoms with van der Waals surface area (Å²) in [7, 11) is 0. The van der Waals surface area contributed by atoms with E-state index in [-0.39, 0.29) is 11.1 Å². The Morgan fingerprint density at radius 3 is 2.64 bits per heavy atom. The van der Waals surface area contributed by atoms with E-state index in [1.165, 1.54) is 18.2 Å². The highest BCUT2D eigenvalue weighted by Gasteiger charge is 2.63. The van der Waals surface area contributed by atoms with Crippen molar-refractivity contribution in [2.45, 2.75) is 62.6 Å². The molecule has 2 aromatic carbocycles. The molecule has 1 amide bonds. The van der Waals surface area contributed by atoms with Crippen molar-refractivity contribution in [1.82, 2.24) is 5.16 Å². The third-order valence-corrected chi connectivity index (χ3v) is 7.42. The van der Waals surface area contributed by atoms with Gasteiger partial charge in [0.05, 0.1) is 17.7 Å². The lowest BCUT2D eigenvalue weighted by molar-refractivity contribution is -0.257. The lowest BCUT2D eigenvalue weighted by Crippen LogP contribution is -2.59. The van der Waals surface area contributed by atoms with E-state index in [2.05, 4.69) is 10.5 Å². The monoisotopic (exact) mass is 502 g/mol. The van der Waals surface area contributed by atoms with Crippen LogP contribution in [-0.2, 0) is 23.1 Å². The van der Waals surface area contributed by atoms with Crippen LogP contribution in [0.4, 0.5) is 18.9 Å². The molecule has 7 nitrogen and oxygen atoms in total. The van der Waals surface area contributed by atoms with Crippen LogP contribution in [0, 0.1) is 0 Å². The predicted octanol–water partition coefficient (Wildman–Crippen LogP) is 4.43. The van der Waals surface area contributed by atoms with Gasteiger partial charge in [-0.25, -0.2) is 4.79 Å². The summed E-state index contributed by atoms with van der Waals surface area (Å²) < 4.78 is 53.5. The van der Waals surface area contributed by atoms with Crippen LogP contribution < -0.4 is 15.7 Å². The number of alkyl halides is 3. The fourth-order valence-corrected chi connectivity index (χ4v) is 5.30. The summed E-state index contributed by atoms with van der Waals surface area (Å²) in [5, 5.41) is 17.5. The Balaban J connectivity index is 1.50. The van der Waals surface area contributed by atoms with E-state index in [4.69, 9.17) is 9.26 Å². The summed E-state index contributed by atoms with van der Waals surface area (Å²) in [4.78, 5) is 25.1. The third kappa shape index (κ3) is 3.84. The number of hydrogen-bond acceptors (Lipinski definition) is 6. The molecule has 1 aliphatic carbocycles. The Kier molecular flexibility index (Phi) is 5.82. The van der Waals surface area contributed by atoms with Crippen molar-refractivity contribution in [3.63, 3.8) is 0 Å². The highest BCUT2D eigenvalue weighted by atomic mass is 19.4. The van der Waals surface area contributed by atoms with Crippen LogP contribution in [0.1, 0.15) is 49.4 Å². The molecular formula is C26H25F3N2O5. The second-order valence-corrected chi connectivity index (χ2v) is 9.55. The average Bonchev–Trinajstić information content (AvgIpc) is 3.30. The van der Waals surface area contributed by atoms with Crippen LogP contribution in [-0.4, -0.2) is 34.6 Å². The van der Waals surface area contributed by atoms with Crippen LogP contribution >= 0.6 is 0 Å². The fraction of sp³-hybridized carbons (Fsp3) is 0.423. The number of nitrogens with zero attached hydrogens (tertiary/aromatic N) is 1. The first-order valence-corrected chi connectivity index (χ1v) is 11.9. The molecule has 2 heterocycles. The summed E-state index contributed by atoms with van der Waals surface area (Å²) in [5.74, 6) is -1.02. The number of ether oxygens (including phenoxy) is 1. The van der Waals surface area contributed by atoms with Crippen molar-refractivity contribution in [2.24, 2.45) is 0 Å². The smallest absolute Gasteiger partial charge is 0.426 e. The number of aryl methyl sites for hydroxylation is 1. The number of para-hydroxylation sites is 1. The Hall–Kier alpha value is -3.40. The van der Waals surface area contributed by atoms with Crippen molar-refractivity contribution in [1.29, 1.82) is 0 Å². The summed E-state index contributed by atoms with van der Waals surface area (Å²) >= 11 is 0. The van der Waals surface area contributed by atoms with Gasteiger partial charge in [0, 0.05) is 34.9 Å². The number of nitrogens with one attached hydrogen (secondary N) is 1. The topological polar surface area (TPSA) is 102 Å². The van der Waals surface area contributed by atoms with Crippen LogP contribution in [0.15, 0.2) is 45.7 Å². The first-order chi connectivity index (χ1) is 17.1. The molecule has 36 heavy (non-hydrogen) atoms. The molecule has 1 atom stereocenters. The molecule has 0 saturated heterocycles. The standard InChI is InChI=1S/C26H25F3N2O5/c1-2-20-18-13-16(7-8-17(18)22(32)36-31-20)30-23(33)25(34,26(27,28)29)14-24(10-4-11-24)19-6-3-5-15-9-12-35-21(15)19/h3,5-8,13,34H,2,4,9-12,14H2,1H3,(H,30,33). The third-order valence-electron chi connectivity index (χ3n) is 7.42. The molecule has 1 aromatic heterocycles. The Labute approximate surface area is 204 Å². The largest absolute Gasteiger partial charge is 0.493 e. The first-order valence-electron chi connectivity index (χ1n) is 11.9.